The van der Waals surface area contributed by atoms with Gasteiger partial charge in [0, 0.05) is 5.69 Å². The summed E-state index contributed by atoms with van der Waals surface area (Å²) in [5, 5.41) is 5.82. The molecule has 2 N–H and O–H groups in total. The number of hydrogen-bond acceptors (Lipinski definition) is 1. The van der Waals surface area contributed by atoms with Gasteiger partial charge in [-0.1, -0.05) is 55.8 Å². The molecule has 0 radical (unpaired) electrons. The Morgan fingerprint density at radius 2 is 1.73 bits per heavy atom. The van der Waals surface area contributed by atoms with Crippen LogP contribution in [0.2, 0.25) is 0 Å². The van der Waals surface area contributed by atoms with Crippen molar-refractivity contribution in [3.63, 3.8) is 0 Å². The van der Waals surface area contributed by atoms with Crippen LogP contribution in [-0.4, -0.2) is 6.03 Å². The third-order valence-corrected chi connectivity index (χ3v) is 3.68. The Labute approximate surface area is 132 Å². The minimum absolute atomic E-state index is 0.0231. The van der Waals surface area contributed by atoms with Crippen LogP contribution in [-0.2, 0) is 6.42 Å². The molecule has 2 aromatic carbocycles. The second kappa shape index (κ2) is 8.23. The first kappa shape index (κ1) is 16.1. The molecular formula is C19H24N2O. The molecule has 0 fully saturated rings. The minimum Gasteiger partial charge on any atom is -0.331 e. The van der Waals surface area contributed by atoms with E-state index in [1.54, 1.807) is 0 Å². The van der Waals surface area contributed by atoms with Gasteiger partial charge in [-0.25, -0.2) is 4.79 Å². The van der Waals surface area contributed by atoms with Gasteiger partial charge in [0.25, 0.3) is 0 Å². The highest BCUT2D eigenvalue weighted by Gasteiger charge is 2.08. The first-order valence-electron chi connectivity index (χ1n) is 7.90. The maximum Gasteiger partial charge on any atom is 0.319 e. The van der Waals surface area contributed by atoms with Crippen molar-refractivity contribution in [1.82, 2.24) is 5.32 Å². The van der Waals surface area contributed by atoms with E-state index in [1.165, 1.54) is 18.4 Å². The monoisotopic (exact) mass is 296 g/mol. The van der Waals surface area contributed by atoms with E-state index < -0.39 is 0 Å². The molecule has 0 saturated heterocycles. The lowest BCUT2D eigenvalue weighted by molar-refractivity contribution is 0.249. The molecule has 2 aromatic rings. The zero-order chi connectivity index (χ0) is 15.8. The van der Waals surface area contributed by atoms with Crippen LogP contribution >= 0.6 is 0 Å². The molecule has 0 aliphatic heterocycles. The van der Waals surface area contributed by atoms with Gasteiger partial charge in [0.2, 0.25) is 0 Å². The van der Waals surface area contributed by atoms with Gasteiger partial charge in [0.15, 0.2) is 0 Å². The van der Waals surface area contributed by atoms with Gasteiger partial charge >= 0.3 is 6.03 Å². The predicted molar refractivity (Wildman–Crippen MR) is 92.1 cm³/mol. The molecule has 0 unspecified atom stereocenters. The second-order valence-corrected chi connectivity index (χ2v) is 5.53. The van der Waals surface area contributed by atoms with Crippen molar-refractivity contribution >= 4 is 11.7 Å². The largest absolute Gasteiger partial charge is 0.331 e. The third-order valence-electron chi connectivity index (χ3n) is 3.68. The summed E-state index contributed by atoms with van der Waals surface area (Å²) in [6.45, 7) is 4.16. The average Bonchev–Trinajstić information content (AvgIpc) is 2.55. The molecule has 0 aliphatic carbocycles. The van der Waals surface area contributed by atoms with Crippen LogP contribution in [0.15, 0.2) is 54.6 Å². The van der Waals surface area contributed by atoms with Crippen molar-refractivity contribution in [2.75, 3.05) is 5.32 Å². The molecule has 2 rings (SSSR count). The van der Waals surface area contributed by atoms with Crippen molar-refractivity contribution in [2.24, 2.45) is 0 Å². The summed E-state index contributed by atoms with van der Waals surface area (Å²) in [6.07, 6.45) is 3.48. The lowest BCUT2D eigenvalue weighted by Crippen LogP contribution is -2.31. The number of hydrogen-bond donors (Lipinski definition) is 2. The number of carbonyl (C=O) groups excluding carboxylic acids is 1. The van der Waals surface area contributed by atoms with Gasteiger partial charge in [-0.2, -0.15) is 0 Å². The minimum atomic E-state index is -0.183. The molecule has 0 bridgehead atoms. The summed E-state index contributed by atoms with van der Waals surface area (Å²) in [4.78, 5) is 12.0. The number of carbonyl (C=O) groups is 1. The predicted octanol–water partition coefficient (Wildman–Crippen LogP) is 4.91. The molecule has 22 heavy (non-hydrogen) atoms. The maximum atomic E-state index is 12.0. The Balaban J connectivity index is 1.86. The molecule has 3 nitrogen and oxygen atoms in total. The van der Waals surface area contributed by atoms with Crippen LogP contribution in [0.3, 0.4) is 0 Å². The number of benzene rings is 2. The van der Waals surface area contributed by atoms with Crippen LogP contribution in [0.25, 0.3) is 0 Å². The Morgan fingerprint density at radius 3 is 2.36 bits per heavy atom. The van der Waals surface area contributed by atoms with E-state index in [2.05, 4.69) is 29.7 Å². The number of rotatable bonds is 6. The zero-order valence-corrected chi connectivity index (χ0v) is 13.3. The highest BCUT2D eigenvalue weighted by atomic mass is 16.2. The highest BCUT2D eigenvalue weighted by molar-refractivity contribution is 5.89. The fourth-order valence-electron chi connectivity index (χ4n) is 2.32. The molecular weight excluding hydrogens is 272 g/mol. The van der Waals surface area contributed by atoms with Gasteiger partial charge in [0.05, 0.1) is 6.04 Å². The lowest BCUT2D eigenvalue weighted by Gasteiger charge is -2.15. The summed E-state index contributed by atoms with van der Waals surface area (Å²) in [5.41, 5.74) is 3.22. The summed E-state index contributed by atoms with van der Waals surface area (Å²) in [7, 11) is 0. The SMILES string of the molecule is CCCCc1ccc(NC(=O)N[C@H](C)c2ccccc2)cc1. The van der Waals surface area contributed by atoms with Gasteiger partial charge in [0.1, 0.15) is 0 Å². The molecule has 0 aromatic heterocycles. The van der Waals surface area contributed by atoms with Gasteiger partial charge < -0.3 is 10.6 Å². The lowest BCUT2D eigenvalue weighted by atomic mass is 10.1. The van der Waals surface area contributed by atoms with Crippen LogP contribution in [0.5, 0.6) is 0 Å². The standard InChI is InChI=1S/C19H24N2O/c1-3-4-8-16-11-13-18(14-12-16)21-19(22)20-15(2)17-9-6-5-7-10-17/h5-7,9-15H,3-4,8H2,1-2H3,(H2,20,21,22)/t15-/m1/s1. The fourth-order valence-corrected chi connectivity index (χ4v) is 2.32. The van der Waals surface area contributed by atoms with Gasteiger partial charge in [-0.3, -0.25) is 0 Å². The van der Waals surface area contributed by atoms with E-state index in [9.17, 15) is 4.79 Å². The summed E-state index contributed by atoms with van der Waals surface area (Å²) in [5.74, 6) is 0. The van der Waals surface area contributed by atoms with E-state index in [0.717, 1.165) is 17.7 Å². The maximum absolute atomic E-state index is 12.0. The van der Waals surface area contributed by atoms with Crippen molar-refractivity contribution < 1.29 is 4.79 Å². The van der Waals surface area contributed by atoms with E-state index >= 15 is 0 Å². The highest BCUT2D eigenvalue weighted by Crippen LogP contribution is 2.14. The van der Waals surface area contributed by atoms with Crippen LogP contribution in [0, 0.1) is 0 Å². The Bertz CT molecular complexity index is 578. The Morgan fingerprint density at radius 1 is 1.05 bits per heavy atom. The van der Waals surface area contributed by atoms with Crippen molar-refractivity contribution in [3.05, 3.63) is 65.7 Å². The van der Waals surface area contributed by atoms with E-state index in [4.69, 9.17) is 0 Å². The molecule has 0 spiro atoms. The van der Waals surface area contributed by atoms with E-state index in [-0.39, 0.29) is 12.1 Å². The van der Waals surface area contributed by atoms with Crippen LogP contribution in [0.1, 0.15) is 43.9 Å². The third kappa shape index (κ3) is 4.92. The van der Waals surface area contributed by atoms with Crippen LogP contribution in [0.4, 0.5) is 10.5 Å². The molecule has 116 valence electrons. The number of aryl methyl sites for hydroxylation is 1. The first-order chi connectivity index (χ1) is 10.7. The molecule has 3 heteroatoms. The topological polar surface area (TPSA) is 41.1 Å². The molecule has 2 amide bonds. The number of urea groups is 1. The van der Waals surface area contributed by atoms with Crippen molar-refractivity contribution in [2.45, 2.75) is 39.2 Å². The zero-order valence-electron chi connectivity index (χ0n) is 13.3. The number of unbranched alkanes of at least 4 members (excludes halogenated alkanes) is 1. The van der Waals surface area contributed by atoms with E-state index in [1.807, 2.05) is 49.4 Å². The van der Waals surface area contributed by atoms with Gasteiger partial charge in [-0.15, -0.1) is 0 Å². The Kier molecular flexibility index (Phi) is 6.01. The molecule has 0 heterocycles. The summed E-state index contributed by atoms with van der Waals surface area (Å²) < 4.78 is 0. The molecule has 0 saturated carbocycles. The number of amides is 2. The smallest absolute Gasteiger partial charge is 0.319 e. The van der Waals surface area contributed by atoms with E-state index in [0.29, 0.717) is 0 Å². The number of anilines is 1. The fraction of sp³-hybridized carbons (Fsp3) is 0.316. The normalized spacial score (nSPS) is 11.7. The summed E-state index contributed by atoms with van der Waals surface area (Å²) in [6, 6.07) is 17.8. The average molecular weight is 296 g/mol. The first-order valence-corrected chi connectivity index (χ1v) is 7.90. The van der Waals surface area contributed by atoms with Crippen LogP contribution < -0.4 is 10.6 Å². The summed E-state index contributed by atoms with van der Waals surface area (Å²) >= 11 is 0. The number of nitrogens with one attached hydrogen (secondary N) is 2. The second-order valence-electron chi connectivity index (χ2n) is 5.53. The van der Waals surface area contributed by atoms with Gasteiger partial charge in [-0.05, 0) is 43.0 Å². The Hall–Kier alpha value is -2.29. The van der Waals surface area contributed by atoms with Crippen molar-refractivity contribution in [1.29, 1.82) is 0 Å². The van der Waals surface area contributed by atoms with Crippen molar-refractivity contribution in [3.8, 4) is 0 Å². The quantitative estimate of drug-likeness (QED) is 0.781. The molecule has 1 atom stereocenters. The molecule has 0 aliphatic rings.